The molecule has 7 rings (SSSR count). The Hall–Kier alpha value is -5.06. The molecule has 4 aromatic rings. The summed E-state index contributed by atoms with van der Waals surface area (Å²) in [5.41, 5.74) is -2.23. The summed E-state index contributed by atoms with van der Waals surface area (Å²) in [5, 5.41) is 22.7. The second-order valence-corrected chi connectivity index (χ2v) is 15.5. The van der Waals surface area contributed by atoms with Gasteiger partial charge in [0, 0.05) is 11.8 Å². The monoisotopic (exact) mass is 773 g/mol. The number of ether oxygens (including phenoxy) is 1. The van der Waals surface area contributed by atoms with Crippen LogP contribution in [-0.4, -0.2) is 65.7 Å². The van der Waals surface area contributed by atoms with E-state index in [1.54, 1.807) is 12.1 Å². The number of alkyl carbamates (subject to hydrolysis) is 1. The molecule has 54 heavy (non-hydrogen) atoms. The van der Waals surface area contributed by atoms with Crippen LogP contribution in [-0.2, 0) is 15.1 Å². The lowest BCUT2D eigenvalue weighted by Gasteiger charge is -2.35. The predicted octanol–water partition coefficient (Wildman–Crippen LogP) is 7.62. The largest absolute Gasteiger partial charge is 0.447 e. The zero-order chi connectivity index (χ0) is 38.8. The summed E-state index contributed by atoms with van der Waals surface area (Å²) in [6.07, 6.45) is -4.59. The zero-order valence-electron chi connectivity index (χ0n) is 29.4. The summed E-state index contributed by atoms with van der Waals surface area (Å²) in [6.45, 7) is 5.07. The van der Waals surface area contributed by atoms with Crippen molar-refractivity contribution < 1.29 is 36.3 Å². The van der Waals surface area contributed by atoms with E-state index in [9.17, 15) is 31.5 Å². The molecule has 0 radical (unpaired) electrons. The molecule has 0 unspecified atom stereocenters. The molecular formula is C36H37ClF5N9O3. The maximum atomic E-state index is 15.0. The molecule has 3 aliphatic rings. The van der Waals surface area contributed by atoms with Crippen molar-refractivity contribution in [3.05, 3.63) is 83.0 Å². The zero-order valence-corrected chi connectivity index (χ0v) is 30.2. The molecule has 18 heteroatoms. The first-order valence-electron chi connectivity index (χ1n) is 17.3. The van der Waals surface area contributed by atoms with Gasteiger partial charge in [0.2, 0.25) is 0 Å². The van der Waals surface area contributed by atoms with Crippen molar-refractivity contribution in [2.75, 3.05) is 6.61 Å². The number of nitrogens with zero attached hydrogens (tertiary/aromatic N) is 6. The Morgan fingerprint density at radius 1 is 1.11 bits per heavy atom. The minimum Gasteiger partial charge on any atom is -0.447 e. The fraction of sp³-hybridized carbons (Fsp3) is 0.444. The molecule has 2 aromatic carbocycles. The summed E-state index contributed by atoms with van der Waals surface area (Å²) in [5.74, 6) is -1.71. The highest BCUT2D eigenvalue weighted by Gasteiger charge is 2.64. The summed E-state index contributed by atoms with van der Waals surface area (Å²) < 4.78 is 76.8. The molecule has 2 saturated carbocycles. The van der Waals surface area contributed by atoms with E-state index in [-0.39, 0.29) is 41.5 Å². The molecule has 2 amide bonds. The van der Waals surface area contributed by atoms with Gasteiger partial charge in [-0.3, -0.25) is 19.8 Å². The van der Waals surface area contributed by atoms with Crippen molar-refractivity contribution in [2.24, 2.45) is 5.41 Å². The summed E-state index contributed by atoms with van der Waals surface area (Å²) in [7, 11) is 0. The van der Waals surface area contributed by atoms with Crippen LogP contribution in [0.25, 0.3) is 16.9 Å². The second-order valence-electron chi connectivity index (χ2n) is 15.1. The van der Waals surface area contributed by atoms with Crippen LogP contribution in [0.1, 0.15) is 88.3 Å². The number of carbonyl (C=O) groups is 2. The van der Waals surface area contributed by atoms with E-state index in [2.05, 4.69) is 20.5 Å². The van der Waals surface area contributed by atoms with Gasteiger partial charge >= 0.3 is 12.3 Å². The van der Waals surface area contributed by atoms with Crippen molar-refractivity contribution in [1.29, 1.82) is 5.41 Å². The van der Waals surface area contributed by atoms with E-state index in [1.807, 2.05) is 55.2 Å². The van der Waals surface area contributed by atoms with Crippen LogP contribution in [0.2, 0.25) is 5.02 Å². The summed E-state index contributed by atoms with van der Waals surface area (Å²) in [6, 6.07) is 12.3. The lowest BCUT2D eigenvalue weighted by molar-refractivity contribution is -0.164. The first-order chi connectivity index (χ1) is 25.4. The Bertz CT molecular complexity index is 2090. The fourth-order valence-corrected chi connectivity index (χ4v) is 7.09. The number of amides is 2. The summed E-state index contributed by atoms with van der Waals surface area (Å²) in [4.78, 5) is 32.5. The second kappa shape index (κ2) is 13.4. The Labute approximate surface area is 311 Å². The first kappa shape index (κ1) is 37.3. The van der Waals surface area contributed by atoms with Crippen molar-refractivity contribution in [3.8, 4) is 16.9 Å². The molecule has 1 aliphatic heterocycles. The molecule has 3 fully saturated rings. The van der Waals surface area contributed by atoms with Crippen LogP contribution in [0.15, 0.2) is 61.1 Å². The molecule has 3 heterocycles. The smallest absolute Gasteiger partial charge is 0.411 e. The summed E-state index contributed by atoms with van der Waals surface area (Å²) >= 11 is 6.43. The van der Waals surface area contributed by atoms with E-state index in [1.165, 1.54) is 18.2 Å². The van der Waals surface area contributed by atoms with Crippen molar-refractivity contribution in [1.82, 2.24) is 40.1 Å². The number of aromatic nitrogens is 5. The lowest BCUT2D eigenvalue weighted by Crippen LogP contribution is -2.49. The first-order valence-corrected chi connectivity index (χ1v) is 17.7. The molecule has 3 N–H and O–H groups in total. The van der Waals surface area contributed by atoms with Crippen molar-refractivity contribution >= 4 is 29.6 Å². The van der Waals surface area contributed by atoms with E-state index in [0.29, 0.717) is 11.6 Å². The van der Waals surface area contributed by atoms with Crippen molar-refractivity contribution in [2.45, 2.75) is 88.6 Å². The molecule has 286 valence electrons. The van der Waals surface area contributed by atoms with Crippen LogP contribution in [0, 0.1) is 10.8 Å². The standard InChI is InChI=1S/C36H37ClF5N9O3/c1-33(2,3)18-35(22-7-4-20(5-8-22)25-12-15-49(48-25)23-9-10-23)30(52)50(31(43)46-35)27(17-54-32(53)47-34(13-14-34)36(40,41)42)21-6-11-24(37)26(16-21)51-29(28(38)39)44-19-45-51/h4-8,11-12,15-16,19,23,27-28H,9-10,13-14,17-18H2,1-3H3,(H2,43,46)(H,47,53)/t27-,35-/m1/s1. The number of hydrogen-bond donors (Lipinski definition) is 3. The maximum Gasteiger partial charge on any atom is 0.411 e. The minimum absolute atomic E-state index is 0.0190. The molecule has 12 nitrogen and oxygen atoms in total. The number of alkyl halides is 5. The van der Waals surface area contributed by atoms with E-state index < -0.39 is 59.6 Å². The number of benzene rings is 2. The molecule has 0 spiro atoms. The van der Waals surface area contributed by atoms with Gasteiger partial charge in [-0.05, 0) is 66.8 Å². The van der Waals surface area contributed by atoms with Crippen LogP contribution >= 0.6 is 11.6 Å². The Kier molecular flexibility index (Phi) is 9.21. The third kappa shape index (κ3) is 7.00. The minimum atomic E-state index is -4.72. The number of rotatable bonds is 11. The Morgan fingerprint density at radius 3 is 2.43 bits per heavy atom. The van der Waals surface area contributed by atoms with Gasteiger partial charge in [-0.15, -0.1) is 0 Å². The Morgan fingerprint density at radius 2 is 1.81 bits per heavy atom. The van der Waals surface area contributed by atoms with Crippen LogP contribution in [0.3, 0.4) is 0 Å². The SMILES string of the molecule is CC(C)(C)C[C@]1(c2ccc(-c3ccn(C4CC4)n3)cc2)NC(=N)N([C@H](COC(=O)NC2(C(F)(F)F)CC2)c2ccc(Cl)c(-n3ncnc3C(F)F)c2)C1=O. The highest BCUT2D eigenvalue weighted by atomic mass is 35.5. The molecule has 1 saturated heterocycles. The van der Waals surface area contributed by atoms with Gasteiger partial charge in [0.15, 0.2) is 11.8 Å². The number of halogens is 6. The molecule has 2 aromatic heterocycles. The number of guanidine groups is 1. The van der Waals surface area contributed by atoms with Crippen LogP contribution in [0.4, 0.5) is 26.7 Å². The topological polar surface area (TPSA) is 143 Å². The number of nitrogens with one attached hydrogen (secondary N) is 3. The quantitative estimate of drug-likeness (QED) is 0.133. The van der Waals surface area contributed by atoms with Gasteiger partial charge < -0.3 is 15.4 Å². The van der Waals surface area contributed by atoms with Crippen LogP contribution in [0.5, 0.6) is 0 Å². The van der Waals surface area contributed by atoms with Gasteiger partial charge in [0.1, 0.15) is 24.0 Å². The van der Waals surface area contributed by atoms with Gasteiger partial charge in [-0.25, -0.2) is 23.2 Å². The molecule has 2 aliphatic carbocycles. The van der Waals surface area contributed by atoms with E-state index in [4.69, 9.17) is 21.7 Å². The Balaban J connectivity index is 1.26. The molecule has 0 bridgehead atoms. The highest BCUT2D eigenvalue weighted by Crippen LogP contribution is 2.49. The highest BCUT2D eigenvalue weighted by molar-refractivity contribution is 6.32. The van der Waals surface area contributed by atoms with Crippen molar-refractivity contribution in [3.63, 3.8) is 0 Å². The average Bonchev–Trinajstić information content (AvgIpc) is 3.97. The number of carbonyl (C=O) groups excluding carboxylic acids is 2. The van der Waals surface area contributed by atoms with Gasteiger partial charge in [-0.2, -0.15) is 23.4 Å². The molecular weight excluding hydrogens is 737 g/mol. The predicted molar refractivity (Wildman–Crippen MR) is 186 cm³/mol. The normalized spacial score (nSPS) is 20.3. The van der Waals surface area contributed by atoms with Gasteiger partial charge in [0.25, 0.3) is 12.3 Å². The number of hydrogen-bond acceptors (Lipinski definition) is 7. The van der Waals surface area contributed by atoms with Crippen LogP contribution < -0.4 is 10.6 Å². The third-order valence-electron chi connectivity index (χ3n) is 9.83. The van der Waals surface area contributed by atoms with E-state index >= 15 is 0 Å². The van der Waals surface area contributed by atoms with Gasteiger partial charge in [0.05, 0.1) is 28.5 Å². The third-order valence-corrected chi connectivity index (χ3v) is 10.1. The van der Waals surface area contributed by atoms with Gasteiger partial charge in [-0.1, -0.05) is 62.7 Å². The molecule has 2 atom stereocenters. The average molecular weight is 774 g/mol. The fourth-order valence-electron chi connectivity index (χ4n) is 6.89. The maximum absolute atomic E-state index is 15.0. The van der Waals surface area contributed by atoms with E-state index in [0.717, 1.165) is 40.0 Å². The lowest BCUT2D eigenvalue weighted by atomic mass is 9.75.